The van der Waals surface area contributed by atoms with E-state index in [4.69, 9.17) is 4.74 Å². The molecule has 3 rings (SSSR count). The average molecular weight is 493 g/mol. The monoisotopic (exact) mass is 492 g/mol. The molecule has 3 heterocycles. The molecule has 1 fully saturated rings. The van der Waals surface area contributed by atoms with Crippen LogP contribution in [0.25, 0.3) is 6.08 Å². The van der Waals surface area contributed by atoms with E-state index in [1.54, 1.807) is 32.3 Å². The Kier molecular flexibility index (Phi) is 8.18. The molecule has 0 spiro atoms. The highest BCUT2D eigenvalue weighted by molar-refractivity contribution is 8.01. The number of aromatic nitrogens is 1. The first kappa shape index (κ1) is 25.6. The summed E-state index contributed by atoms with van der Waals surface area (Å²) in [6.45, 7) is 5.57. The zero-order valence-corrected chi connectivity index (χ0v) is 21.1. The Balaban J connectivity index is 1.96. The molecule has 1 saturated heterocycles. The van der Waals surface area contributed by atoms with Crippen LogP contribution in [0.1, 0.15) is 69.6 Å². The van der Waals surface area contributed by atoms with Gasteiger partial charge in [-0.25, -0.2) is 4.98 Å². The fraction of sp³-hybridized carbons (Fsp3) is 0.583. The molecule has 4 bridgehead atoms. The van der Waals surface area contributed by atoms with Crippen LogP contribution in [-0.4, -0.2) is 50.5 Å². The van der Waals surface area contributed by atoms with E-state index in [0.29, 0.717) is 19.3 Å². The molecule has 2 N–H and O–H groups in total. The van der Waals surface area contributed by atoms with E-state index in [1.807, 2.05) is 25.3 Å². The third kappa shape index (κ3) is 5.94. The molecule has 1 amide bonds. The van der Waals surface area contributed by atoms with E-state index in [0.717, 1.165) is 10.7 Å². The largest absolute Gasteiger partial charge is 0.481 e. The number of methoxy groups -OCH3 is 1. The lowest BCUT2D eigenvalue weighted by Crippen LogP contribution is -2.52. The second-order valence-electron chi connectivity index (χ2n) is 9.04. The van der Waals surface area contributed by atoms with Crippen molar-refractivity contribution in [1.82, 2.24) is 10.3 Å². The van der Waals surface area contributed by atoms with Crippen LogP contribution in [0.15, 0.2) is 23.6 Å². The van der Waals surface area contributed by atoms with Crippen LogP contribution < -0.4 is 5.32 Å². The van der Waals surface area contributed by atoms with Crippen molar-refractivity contribution in [1.29, 1.82) is 0 Å². The number of rotatable bonds is 3. The molecule has 9 heteroatoms. The fourth-order valence-electron chi connectivity index (χ4n) is 4.37. The van der Waals surface area contributed by atoms with Gasteiger partial charge in [0.2, 0.25) is 5.91 Å². The fourth-order valence-corrected chi connectivity index (χ4v) is 7.18. The summed E-state index contributed by atoms with van der Waals surface area (Å²) in [4.78, 5) is 42.2. The van der Waals surface area contributed by atoms with Gasteiger partial charge in [-0.3, -0.25) is 14.4 Å². The number of nitrogens with zero attached hydrogens (tertiary/aromatic N) is 1. The zero-order valence-electron chi connectivity index (χ0n) is 19.5. The van der Waals surface area contributed by atoms with E-state index < -0.39 is 22.2 Å². The number of carboxylic acid groups (broad SMARTS) is 1. The van der Waals surface area contributed by atoms with Crippen molar-refractivity contribution in [3.8, 4) is 0 Å². The van der Waals surface area contributed by atoms with Crippen LogP contribution in [0.2, 0.25) is 0 Å². The van der Waals surface area contributed by atoms with Gasteiger partial charge in [0.1, 0.15) is 5.01 Å². The summed E-state index contributed by atoms with van der Waals surface area (Å²) in [6, 6.07) is -0.242. The maximum atomic E-state index is 12.8. The highest BCUT2D eigenvalue weighted by atomic mass is 32.2. The summed E-state index contributed by atoms with van der Waals surface area (Å²) in [5, 5.41) is 15.3. The van der Waals surface area contributed by atoms with Gasteiger partial charge in [0.05, 0.1) is 23.3 Å². The molecule has 5 atom stereocenters. The van der Waals surface area contributed by atoms with Crippen molar-refractivity contribution >= 4 is 46.8 Å². The van der Waals surface area contributed by atoms with Gasteiger partial charge in [0.15, 0.2) is 5.78 Å². The van der Waals surface area contributed by atoms with Crippen LogP contribution in [0.4, 0.5) is 0 Å². The molecule has 2 aliphatic rings. The summed E-state index contributed by atoms with van der Waals surface area (Å²) in [5.41, 5.74) is 0.215. The minimum atomic E-state index is -0.895. The van der Waals surface area contributed by atoms with Gasteiger partial charge in [0, 0.05) is 35.3 Å². The molecule has 2 aliphatic heterocycles. The Bertz CT molecular complexity index is 958. The van der Waals surface area contributed by atoms with Gasteiger partial charge in [-0.2, -0.15) is 0 Å². The number of carbonyl (C=O) groups is 3. The van der Waals surface area contributed by atoms with Crippen LogP contribution in [-0.2, 0) is 19.1 Å². The summed E-state index contributed by atoms with van der Waals surface area (Å²) in [7, 11) is 1.64. The van der Waals surface area contributed by atoms with Crippen LogP contribution in [0, 0.1) is 5.92 Å². The standard InChI is InChI=1S/C24H32N2O5S2/c1-15(22(29)30)24-10-9-20(28)25-16(2)21-26-17(14-32-21)7-5-6-8-18(27)13-19(33-24)23(3,31-4)11-12-24/h5-8,14-16,19H,9-13H2,1-4H3,(H,25,28)(H,29,30)/b7-5-,8-6+/t15?,16-,19+,23-,24+/m1/s1. The lowest BCUT2D eigenvalue weighted by molar-refractivity contribution is -0.143. The van der Waals surface area contributed by atoms with E-state index in [-0.39, 0.29) is 35.8 Å². The Morgan fingerprint density at radius 1 is 1.27 bits per heavy atom. The topological polar surface area (TPSA) is 106 Å². The number of carboxylic acids is 1. The van der Waals surface area contributed by atoms with Crippen LogP contribution >= 0.6 is 23.1 Å². The van der Waals surface area contributed by atoms with Crippen molar-refractivity contribution in [3.63, 3.8) is 0 Å². The molecule has 180 valence electrons. The molecule has 0 radical (unpaired) electrons. The third-order valence-electron chi connectivity index (χ3n) is 6.84. The van der Waals surface area contributed by atoms with Crippen molar-refractivity contribution in [2.75, 3.05) is 7.11 Å². The highest BCUT2D eigenvalue weighted by Gasteiger charge is 2.52. The molecule has 33 heavy (non-hydrogen) atoms. The van der Waals surface area contributed by atoms with E-state index in [9.17, 15) is 19.5 Å². The number of nitrogens with one attached hydrogen (secondary N) is 1. The molecule has 0 saturated carbocycles. The smallest absolute Gasteiger partial charge is 0.307 e. The summed E-state index contributed by atoms with van der Waals surface area (Å²) in [6.07, 6.45) is 8.91. The number of ketones is 1. The number of thioether (sulfide) groups is 1. The minimum absolute atomic E-state index is 0.0474. The lowest BCUT2D eigenvalue weighted by atomic mass is 9.79. The summed E-state index contributed by atoms with van der Waals surface area (Å²) >= 11 is 2.97. The molecule has 0 aliphatic carbocycles. The van der Waals surface area contributed by atoms with Crippen LogP contribution in [0.3, 0.4) is 0 Å². The maximum absolute atomic E-state index is 12.8. The summed E-state index contributed by atoms with van der Waals surface area (Å²) in [5.74, 6) is -1.75. The van der Waals surface area contributed by atoms with Crippen LogP contribution in [0.5, 0.6) is 0 Å². The first-order valence-electron chi connectivity index (χ1n) is 11.2. The zero-order chi connectivity index (χ0) is 24.2. The number of aliphatic carboxylic acids is 1. The number of thiazole rings is 1. The van der Waals surface area contributed by atoms with Gasteiger partial charge in [0.25, 0.3) is 0 Å². The van der Waals surface area contributed by atoms with Gasteiger partial charge >= 0.3 is 5.97 Å². The van der Waals surface area contributed by atoms with E-state index in [2.05, 4.69) is 10.3 Å². The predicted octanol–water partition coefficient (Wildman–Crippen LogP) is 4.40. The lowest BCUT2D eigenvalue weighted by Gasteiger charge is -2.50. The number of hydrogen-bond acceptors (Lipinski definition) is 7. The van der Waals surface area contributed by atoms with Crippen molar-refractivity contribution in [3.05, 3.63) is 34.3 Å². The van der Waals surface area contributed by atoms with Crippen molar-refractivity contribution in [2.45, 2.75) is 74.5 Å². The average Bonchev–Trinajstić information content (AvgIpc) is 3.25. The van der Waals surface area contributed by atoms with Crippen molar-refractivity contribution < 1.29 is 24.2 Å². The number of hydrogen-bond donors (Lipinski definition) is 2. The van der Waals surface area contributed by atoms with Gasteiger partial charge in [-0.1, -0.05) is 19.1 Å². The normalized spacial score (nSPS) is 34.1. The van der Waals surface area contributed by atoms with Gasteiger partial charge in [-0.05, 0) is 45.3 Å². The molecular weight excluding hydrogens is 460 g/mol. The molecule has 1 aromatic rings. The molecule has 7 nitrogen and oxygen atoms in total. The predicted molar refractivity (Wildman–Crippen MR) is 131 cm³/mol. The quantitative estimate of drug-likeness (QED) is 0.644. The second kappa shape index (κ2) is 10.5. The first-order chi connectivity index (χ1) is 15.6. The number of allylic oxidation sites excluding steroid dienone is 3. The van der Waals surface area contributed by atoms with E-state index >= 15 is 0 Å². The molecule has 1 aromatic heterocycles. The number of amides is 1. The summed E-state index contributed by atoms with van der Waals surface area (Å²) < 4.78 is 5.16. The minimum Gasteiger partial charge on any atom is -0.481 e. The van der Waals surface area contributed by atoms with Gasteiger partial charge < -0.3 is 15.2 Å². The first-order valence-corrected chi connectivity index (χ1v) is 12.9. The number of ether oxygens (including phenoxy) is 1. The maximum Gasteiger partial charge on any atom is 0.307 e. The van der Waals surface area contributed by atoms with Crippen molar-refractivity contribution in [2.24, 2.45) is 5.92 Å². The number of carbonyl (C=O) groups excluding carboxylic acids is 2. The van der Waals surface area contributed by atoms with Gasteiger partial charge in [-0.15, -0.1) is 23.1 Å². The molecule has 0 aromatic carbocycles. The Labute approximate surface area is 203 Å². The third-order valence-corrected chi connectivity index (χ3v) is 10.1. The van der Waals surface area contributed by atoms with E-state index in [1.165, 1.54) is 23.1 Å². The Hall–Kier alpha value is -1.97. The Morgan fingerprint density at radius 2 is 2.00 bits per heavy atom. The second-order valence-corrected chi connectivity index (χ2v) is 11.5. The highest BCUT2D eigenvalue weighted by Crippen LogP contribution is 2.54. The Morgan fingerprint density at radius 3 is 2.70 bits per heavy atom. The molecule has 1 unspecified atom stereocenters. The SMILES string of the molecule is CO[C@]1(C)CC[C@]2(C(C)C(=O)O)CCC(=O)N[C@H](C)c3nc(cs3)/C=C\C=C\C(=O)C[C@@H]1S2. The molecular formula is C24H32N2O5S2. The number of fused-ring (bicyclic) bond motifs is 4.